The van der Waals surface area contributed by atoms with Crippen molar-refractivity contribution in [2.24, 2.45) is 0 Å². The predicted octanol–water partition coefficient (Wildman–Crippen LogP) is 5.00. The van der Waals surface area contributed by atoms with Crippen LogP contribution in [0.5, 0.6) is 0 Å². The SMILES string of the molecule is C=CC(=O)OCC(CCCCCC)NCCCCCCCC. The Kier molecular flexibility index (Phi) is 15.9. The van der Waals surface area contributed by atoms with Crippen LogP contribution in [-0.2, 0) is 9.53 Å². The monoisotopic (exact) mass is 311 g/mol. The van der Waals surface area contributed by atoms with Crippen molar-refractivity contribution in [2.75, 3.05) is 13.2 Å². The molecule has 0 aromatic heterocycles. The van der Waals surface area contributed by atoms with E-state index in [9.17, 15) is 4.79 Å². The lowest BCUT2D eigenvalue weighted by Crippen LogP contribution is -2.35. The van der Waals surface area contributed by atoms with Gasteiger partial charge >= 0.3 is 5.97 Å². The van der Waals surface area contributed by atoms with Crippen molar-refractivity contribution < 1.29 is 9.53 Å². The number of hydrogen-bond donors (Lipinski definition) is 1. The van der Waals surface area contributed by atoms with Crippen LogP contribution in [0.4, 0.5) is 0 Å². The van der Waals surface area contributed by atoms with Crippen LogP contribution < -0.4 is 5.32 Å². The Morgan fingerprint density at radius 3 is 2.23 bits per heavy atom. The third-order valence-corrected chi connectivity index (χ3v) is 3.96. The van der Waals surface area contributed by atoms with Gasteiger partial charge in [-0.25, -0.2) is 4.79 Å². The number of ether oxygens (including phenoxy) is 1. The highest BCUT2D eigenvalue weighted by atomic mass is 16.5. The van der Waals surface area contributed by atoms with Crippen molar-refractivity contribution >= 4 is 5.97 Å². The summed E-state index contributed by atoms with van der Waals surface area (Å²) in [6, 6.07) is 0.288. The van der Waals surface area contributed by atoms with Gasteiger partial charge in [-0.15, -0.1) is 0 Å². The summed E-state index contributed by atoms with van der Waals surface area (Å²) in [6.45, 7) is 9.40. The van der Waals surface area contributed by atoms with Gasteiger partial charge in [-0.1, -0.05) is 78.2 Å². The van der Waals surface area contributed by atoms with Crippen LogP contribution in [0.1, 0.15) is 84.5 Å². The number of hydrogen-bond acceptors (Lipinski definition) is 3. The van der Waals surface area contributed by atoms with Crippen molar-refractivity contribution in [3.8, 4) is 0 Å². The highest BCUT2D eigenvalue weighted by Gasteiger charge is 2.10. The molecule has 0 rings (SSSR count). The van der Waals surface area contributed by atoms with Gasteiger partial charge in [0.05, 0.1) is 0 Å². The Bertz CT molecular complexity index is 266. The molecule has 0 saturated heterocycles. The summed E-state index contributed by atoms with van der Waals surface area (Å²) in [6.07, 6.45) is 15.2. The van der Waals surface area contributed by atoms with Gasteiger partial charge in [0.15, 0.2) is 0 Å². The highest BCUT2D eigenvalue weighted by Crippen LogP contribution is 2.08. The average Bonchev–Trinajstić information content (AvgIpc) is 2.54. The van der Waals surface area contributed by atoms with E-state index >= 15 is 0 Å². The molecule has 22 heavy (non-hydrogen) atoms. The first kappa shape index (κ1) is 21.2. The van der Waals surface area contributed by atoms with Crippen molar-refractivity contribution in [1.29, 1.82) is 0 Å². The maximum absolute atomic E-state index is 11.2. The van der Waals surface area contributed by atoms with Crippen LogP contribution in [0.2, 0.25) is 0 Å². The van der Waals surface area contributed by atoms with E-state index in [0.717, 1.165) is 13.0 Å². The molecule has 0 aliphatic heterocycles. The lowest BCUT2D eigenvalue weighted by atomic mass is 10.1. The molecule has 0 spiro atoms. The second-order valence-corrected chi connectivity index (χ2v) is 6.10. The normalized spacial score (nSPS) is 12.1. The molecule has 0 aromatic rings. The lowest BCUT2D eigenvalue weighted by molar-refractivity contribution is -0.138. The largest absolute Gasteiger partial charge is 0.461 e. The fourth-order valence-corrected chi connectivity index (χ4v) is 2.52. The standard InChI is InChI=1S/C19H37NO2/c1-4-7-9-11-12-14-16-20-18(15-13-10-8-5-2)17-22-19(21)6-3/h6,18,20H,3-5,7-17H2,1-2H3. The third kappa shape index (κ3) is 14.1. The first-order valence-electron chi connectivity index (χ1n) is 9.27. The van der Waals surface area contributed by atoms with Gasteiger partial charge in [-0.3, -0.25) is 0 Å². The molecular formula is C19H37NO2. The molecule has 3 heteroatoms. The zero-order valence-electron chi connectivity index (χ0n) is 14.9. The fraction of sp³-hybridized carbons (Fsp3) is 0.842. The number of nitrogens with one attached hydrogen (secondary N) is 1. The van der Waals surface area contributed by atoms with Crippen LogP contribution >= 0.6 is 0 Å². The molecule has 0 aliphatic carbocycles. The molecular weight excluding hydrogens is 274 g/mol. The lowest BCUT2D eigenvalue weighted by Gasteiger charge is -2.18. The first-order valence-corrected chi connectivity index (χ1v) is 9.27. The Balaban J connectivity index is 3.80. The number of rotatable bonds is 16. The molecule has 1 atom stereocenters. The van der Waals surface area contributed by atoms with E-state index in [1.165, 1.54) is 70.3 Å². The maximum atomic E-state index is 11.2. The van der Waals surface area contributed by atoms with Crippen LogP contribution in [-0.4, -0.2) is 25.2 Å². The minimum atomic E-state index is -0.320. The van der Waals surface area contributed by atoms with Crippen molar-refractivity contribution in [3.05, 3.63) is 12.7 Å². The minimum absolute atomic E-state index is 0.288. The van der Waals surface area contributed by atoms with Gasteiger partial charge in [-0.05, 0) is 19.4 Å². The maximum Gasteiger partial charge on any atom is 0.330 e. The Morgan fingerprint density at radius 2 is 1.59 bits per heavy atom. The van der Waals surface area contributed by atoms with Crippen LogP contribution in [0.25, 0.3) is 0 Å². The van der Waals surface area contributed by atoms with Crippen molar-refractivity contribution in [2.45, 2.75) is 90.5 Å². The fourth-order valence-electron chi connectivity index (χ4n) is 2.52. The van der Waals surface area contributed by atoms with Gasteiger partial charge < -0.3 is 10.1 Å². The summed E-state index contributed by atoms with van der Waals surface area (Å²) in [5, 5.41) is 3.56. The molecule has 130 valence electrons. The van der Waals surface area contributed by atoms with Gasteiger partial charge in [-0.2, -0.15) is 0 Å². The minimum Gasteiger partial charge on any atom is -0.461 e. The molecule has 0 amide bonds. The Labute approximate surface area is 137 Å². The Hall–Kier alpha value is -0.830. The molecule has 0 bridgehead atoms. The molecule has 0 fully saturated rings. The van der Waals surface area contributed by atoms with Crippen LogP contribution in [0, 0.1) is 0 Å². The van der Waals surface area contributed by atoms with Crippen LogP contribution in [0.3, 0.4) is 0 Å². The van der Waals surface area contributed by atoms with E-state index in [1.807, 2.05) is 0 Å². The molecule has 0 heterocycles. The molecule has 0 aliphatic rings. The van der Waals surface area contributed by atoms with Gasteiger partial charge in [0, 0.05) is 12.1 Å². The smallest absolute Gasteiger partial charge is 0.330 e. The summed E-state index contributed by atoms with van der Waals surface area (Å²) in [5.41, 5.74) is 0. The summed E-state index contributed by atoms with van der Waals surface area (Å²) in [4.78, 5) is 11.2. The second kappa shape index (κ2) is 16.5. The van der Waals surface area contributed by atoms with E-state index in [1.54, 1.807) is 0 Å². The van der Waals surface area contributed by atoms with Crippen molar-refractivity contribution in [3.63, 3.8) is 0 Å². The number of esters is 1. The average molecular weight is 312 g/mol. The summed E-state index contributed by atoms with van der Waals surface area (Å²) in [5.74, 6) is -0.320. The van der Waals surface area contributed by atoms with E-state index < -0.39 is 0 Å². The first-order chi connectivity index (χ1) is 10.7. The van der Waals surface area contributed by atoms with E-state index in [2.05, 4.69) is 25.7 Å². The van der Waals surface area contributed by atoms with Crippen molar-refractivity contribution in [1.82, 2.24) is 5.32 Å². The molecule has 1 N–H and O–H groups in total. The van der Waals surface area contributed by atoms with Gasteiger partial charge in [0.1, 0.15) is 6.61 Å². The molecule has 0 saturated carbocycles. The van der Waals surface area contributed by atoms with E-state index in [0.29, 0.717) is 6.61 Å². The summed E-state index contributed by atoms with van der Waals surface area (Å²) in [7, 11) is 0. The molecule has 3 nitrogen and oxygen atoms in total. The van der Waals surface area contributed by atoms with E-state index in [4.69, 9.17) is 4.74 Å². The topological polar surface area (TPSA) is 38.3 Å². The molecule has 0 aromatic carbocycles. The third-order valence-electron chi connectivity index (χ3n) is 3.96. The predicted molar refractivity (Wildman–Crippen MR) is 95.1 cm³/mol. The quantitative estimate of drug-likeness (QED) is 0.247. The molecule has 1 unspecified atom stereocenters. The van der Waals surface area contributed by atoms with Gasteiger partial charge in [0.25, 0.3) is 0 Å². The number of carbonyl (C=O) groups excluding carboxylic acids is 1. The number of carbonyl (C=O) groups is 1. The van der Waals surface area contributed by atoms with E-state index in [-0.39, 0.29) is 12.0 Å². The Morgan fingerprint density at radius 1 is 1.00 bits per heavy atom. The molecule has 0 radical (unpaired) electrons. The zero-order chi connectivity index (χ0) is 16.5. The van der Waals surface area contributed by atoms with Gasteiger partial charge in [0.2, 0.25) is 0 Å². The number of unbranched alkanes of at least 4 members (excludes halogenated alkanes) is 8. The highest BCUT2D eigenvalue weighted by molar-refractivity contribution is 5.81. The van der Waals surface area contributed by atoms with Crippen LogP contribution in [0.15, 0.2) is 12.7 Å². The zero-order valence-corrected chi connectivity index (χ0v) is 14.9. The summed E-state index contributed by atoms with van der Waals surface area (Å²) >= 11 is 0. The second-order valence-electron chi connectivity index (χ2n) is 6.10. The summed E-state index contributed by atoms with van der Waals surface area (Å²) < 4.78 is 5.20.